The first-order valence-electron chi connectivity index (χ1n) is 6.23. The van der Waals surface area contributed by atoms with Gasteiger partial charge in [-0.3, -0.25) is 9.80 Å². The highest BCUT2D eigenvalue weighted by Gasteiger charge is 2.24. The van der Waals surface area contributed by atoms with Crippen molar-refractivity contribution in [1.82, 2.24) is 5.01 Å². The van der Waals surface area contributed by atoms with Crippen molar-refractivity contribution in [3.8, 4) is 0 Å². The van der Waals surface area contributed by atoms with E-state index < -0.39 is 0 Å². The molecule has 0 aromatic heterocycles. The van der Waals surface area contributed by atoms with Crippen LogP contribution in [0.25, 0.3) is 0 Å². The van der Waals surface area contributed by atoms with Gasteiger partial charge in [-0.2, -0.15) is 0 Å². The van der Waals surface area contributed by atoms with Gasteiger partial charge < -0.3 is 0 Å². The Kier molecular flexibility index (Phi) is 3.86. The molecule has 0 unspecified atom stereocenters. The molecule has 1 amide bonds. The topological polar surface area (TPSA) is 46.3 Å². The number of hydrazine groups is 1. The summed E-state index contributed by atoms with van der Waals surface area (Å²) in [4.78, 5) is 12.2. The zero-order valence-corrected chi connectivity index (χ0v) is 12.2. The van der Waals surface area contributed by atoms with Crippen LogP contribution in [0.5, 0.6) is 0 Å². The molecule has 2 N–H and O–H groups in total. The molecule has 3 heteroatoms. The fourth-order valence-electron chi connectivity index (χ4n) is 1.56. The van der Waals surface area contributed by atoms with E-state index in [2.05, 4.69) is 20.8 Å². The number of hydrogen-bond acceptors (Lipinski definition) is 2. The van der Waals surface area contributed by atoms with E-state index >= 15 is 0 Å². The van der Waals surface area contributed by atoms with Crippen LogP contribution in [0.3, 0.4) is 0 Å². The minimum Gasteiger partial charge on any atom is -0.271 e. The molecular formula is C15H24N2O. The fraction of sp³-hybridized carbons (Fsp3) is 0.533. The molecule has 0 aliphatic rings. The molecule has 18 heavy (non-hydrogen) atoms. The molecular weight excluding hydrogens is 224 g/mol. The third-order valence-corrected chi connectivity index (χ3v) is 2.94. The van der Waals surface area contributed by atoms with E-state index in [1.54, 1.807) is 0 Å². The van der Waals surface area contributed by atoms with E-state index in [0.717, 1.165) is 0 Å². The molecule has 0 fully saturated rings. The van der Waals surface area contributed by atoms with Gasteiger partial charge >= 0.3 is 0 Å². The lowest BCUT2D eigenvalue weighted by molar-refractivity contribution is 0.0582. The van der Waals surface area contributed by atoms with Crippen molar-refractivity contribution in [3.63, 3.8) is 0 Å². The molecule has 0 bridgehead atoms. The minimum atomic E-state index is -0.375. The van der Waals surface area contributed by atoms with E-state index in [-0.39, 0.29) is 16.9 Å². The molecule has 1 aromatic rings. The second-order valence-electron chi connectivity index (χ2n) is 6.67. The Bertz CT molecular complexity index is 421. The molecule has 1 aromatic carbocycles. The average molecular weight is 248 g/mol. The molecule has 1 rings (SSSR count). The standard InChI is InChI=1S/C15H24N2O/c1-14(2,3)12-9-7-11(8-10-12)13(18)17(16)15(4,5)6/h7-10H,16H2,1-6H3. The van der Waals surface area contributed by atoms with Crippen LogP contribution in [-0.4, -0.2) is 16.5 Å². The van der Waals surface area contributed by atoms with Gasteiger partial charge in [0.1, 0.15) is 0 Å². The van der Waals surface area contributed by atoms with Crippen molar-refractivity contribution in [2.45, 2.75) is 52.5 Å². The molecule has 0 saturated carbocycles. The van der Waals surface area contributed by atoms with Gasteiger partial charge in [0.15, 0.2) is 0 Å². The number of nitrogens with zero attached hydrogens (tertiary/aromatic N) is 1. The number of carbonyl (C=O) groups excluding carboxylic acids is 1. The zero-order chi connectivity index (χ0) is 14.1. The Morgan fingerprint density at radius 2 is 1.44 bits per heavy atom. The van der Waals surface area contributed by atoms with Gasteiger partial charge in [0.25, 0.3) is 5.91 Å². The van der Waals surface area contributed by atoms with Crippen molar-refractivity contribution in [1.29, 1.82) is 0 Å². The normalized spacial score (nSPS) is 12.4. The Morgan fingerprint density at radius 3 is 1.78 bits per heavy atom. The number of benzene rings is 1. The highest BCUT2D eigenvalue weighted by molar-refractivity contribution is 5.94. The van der Waals surface area contributed by atoms with Crippen molar-refractivity contribution >= 4 is 5.91 Å². The Hall–Kier alpha value is -1.35. The van der Waals surface area contributed by atoms with E-state index in [9.17, 15) is 4.79 Å². The van der Waals surface area contributed by atoms with Gasteiger partial charge in [0.2, 0.25) is 0 Å². The largest absolute Gasteiger partial charge is 0.271 e. The second kappa shape index (κ2) is 4.73. The number of nitrogens with two attached hydrogens (primary N) is 1. The smallest absolute Gasteiger partial charge is 0.268 e. The van der Waals surface area contributed by atoms with Crippen LogP contribution in [0.4, 0.5) is 0 Å². The Morgan fingerprint density at radius 1 is 1.00 bits per heavy atom. The summed E-state index contributed by atoms with van der Waals surface area (Å²) in [6, 6.07) is 7.66. The third kappa shape index (κ3) is 3.33. The quantitative estimate of drug-likeness (QED) is 0.471. The van der Waals surface area contributed by atoms with Crippen molar-refractivity contribution in [2.24, 2.45) is 5.84 Å². The van der Waals surface area contributed by atoms with Gasteiger partial charge in [-0.05, 0) is 43.9 Å². The summed E-state index contributed by atoms with van der Waals surface area (Å²) < 4.78 is 0. The molecule has 0 aliphatic carbocycles. The molecule has 0 heterocycles. The predicted octanol–water partition coefficient (Wildman–Crippen LogP) is 3.10. The first-order valence-corrected chi connectivity index (χ1v) is 6.23. The van der Waals surface area contributed by atoms with Crippen LogP contribution < -0.4 is 5.84 Å². The van der Waals surface area contributed by atoms with Crippen molar-refractivity contribution < 1.29 is 4.79 Å². The second-order valence-corrected chi connectivity index (χ2v) is 6.67. The SMILES string of the molecule is CC(C)(C)c1ccc(C(=O)N(N)C(C)(C)C)cc1. The average Bonchev–Trinajstić information content (AvgIpc) is 2.25. The minimum absolute atomic E-state index is 0.0913. The van der Waals surface area contributed by atoms with Crippen LogP contribution in [0.2, 0.25) is 0 Å². The summed E-state index contributed by atoms with van der Waals surface area (Å²) in [6.07, 6.45) is 0. The van der Waals surface area contributed by atoms with Gasteiger partial charge in [-0.25, -0.2) is 5.84 Å². The van der Waals surface area contributed by atoms with Crippen LogP contribution in [0, 0.1) is 0 Å². The highest BCUT2D eigenvalue weighted by atomic mass is 16.2. The van der Waals surface area contributed by atoms with Crippen molar-refractivity contribution in [3.05, 3.63) is 35.4 Å². The summed E-state index contributed by atoms with van der Waals surface area (Å²) in [5, 5.41) is 1.28. The summed E-state index contributed by atoms with van der Waals surface area (Å²) in [5.74, 6) is 5.68. The van der Waals surface area contributed by atoms with Gasteiger partial charge in [-0.1, -0.05) is 32.9 Å². The number of rotatable bonds is 1. The van der Waals surface area contributed by atoms with E-state index in [4.69, 9.17) is 5.84 Å². The Balaban J connectivity index is 2.96. The molecule has 0 spiro atoms. The van der Waals surface area contributed by atoms with Crippen LogP contribution in [-0.2, 0) is 5.41 Å². The summed E-state index contributed by atoms with van der Waals surface area (Å²) in [6.45, 7) is 12.2. The summed E-state index contributed by atoms with van der Waals surface area (Å²) >= 11 is 0. The molecule has 0 saturated heterocycles. The molecule has 0 atom stereocenters. The van der Waals surface area contributed by atoms with Crippen LogP contribution in [0.15, 0.2) is 24.3 Å². The number of carbonyl (C=O) groups is 1. The monoisotopic (exact) mass is 248 g/mol. The van der Waals surface area contributed by atoms with Gasteiger partial charge in [-0.15, -0.1) is 0 Å². The predicted molar refractivity (Wildman–Crippen MR) is 75.3 cm³/mol. The van der Waals surface area contributed by atoms with E-state index in [1.807, 2.05) is 45.0 Å². The first-order chi connectivity index (χ1) is 8.03. The molecule has 100 valence electrons. The van der Waals surface area contributed by atoms with Crippen LogP contribution >= 0.6 is 0 Å². The molecule has 0 aliphatic heterocycles. The van der Waals surface area contributed by atoms with Gasteiger partial charge in [0, 0.05) is 5.56 Å². The lowest BCUT2D eigenvalue weighted by Crippen LogP contribution is -2.50. The summed E-state index contributed by atoms with van der Waals surface area (Å²) in [5.41, 5.74) is 1.55. The van der Waals surface area contributed by atoms with Gasteiger partial charge in [0.05, 0.1) is 5.54 Å². The van der Waals surface area contributed by atoms with E-state index in [0.29, 0.717) is 5.56 Å². The summed E-state index contributed by atoms with van der Waals surface area (Å²) in [7, 11) is 0. The fourth-order valence-corrected chi connectivity index (χ4v) is 1.56. The number of amides is 1. The maximum atomic E-state index is 12.2. The zero-order valence-electron chi connectivity index (χ0n) is 12.2. The first kappa shape index (κ1) is 14.7. The van der Waals surface area contributed by atoms with Crippen molar-refractivity contribution in [2.75, 3.05) is 0 Å². The molecule has 0 radical (unpaired) electrons. The lowest BCUT2D eigenvalue weighted by Gasteiger charge is -2.31. The Labute approximate surface area is 110 Å². The molecule has 3 nitrogen and oxygen atoms in total. The lowest BCUT2D eigenvalue weighted by atomic mass is 9.86. The highest BCUT2D eigenvalue weighted by Crippen LogP contribution is 2.23. The van der Waals surface area contributed by atoms with Crippen LogP contribution in [0.1, 0.15) is 57.5 Å². The third-order valence-electron chi connectivity index (χ3n) is 2.94. The number of hydrogen-bond donors (Lipinski definition) is 1. The van der Waals surface area contributed by atoms with E-state index in [1.165, 1.54) is 10.6 Å². The maximum absolute atomic E-state index is 12.2. The maximum Gasteiger partial charge on any atom is 0.268 e.